The average molecular weight is 250 g/mol. The summed E-state index contributed by atoms with van der Waals surface area (Å²) in [5.41, 5.74) is 0.514. The van der Waals surface area contributed by atoms with Crippen LogP contribution in [-0.4, -0.2) is 10.8 Å². The van der Waals surface area contributed by atoms with Crippen LogP contribution in [0.5, 0.6) is 0 Å². The van der Waals surface area contributed by atoms with Gasteiger partial charge < -0.3 is 0 Å². The summed E-state index contributed by atoms with van der Waals surface area (Å²) in [6, 6.07) is 7.70. The average Bonchev–Trinajstić information content (AvgIpc) is 2.16. The molecule has 2 aromatic rings. The van der Waals surface area contributed by atoms with Gasteiger partial charge in [0, 0.05) is 23.0 Å². The molecule has 0 unspecified atom stereocenters. The fraction of sp³-hybridized carbons (Fsp3) is 0.0909. The summed E-state index contributed by atoms with van der Waals surface area (Å²) in [7, 11) is 0. The second-order valence-corrected chi connectivity index (χ2v) is 4.03. The van der Waals surface area contributed by atoms with E-state index in [1.54, 1.807) is 6.20 Å². The zero-order valence-electron chi connectivity index (χ0n) is 7.62. The van der Waals surface area contributed by atoms with Crippen molar-refractivity contribution in [2.24, 2.45) is 0 Å². The van der Waals surface area contributed by atoms with Crippen molar-refractivity contribution in [3.05, 3.63) is 40.6 Å². The van der Waals surface area contributed by atoms with Crippen molar-refractivity contribution >= 4 is 32.5 Å². The molecule has 2 rings (SSSR count). The number of benzene rings is 1. The zero-order chi connectivity index (χ0) is 10.1. The van der Waals surface area contributed by atoms with Gasteiger partial charge in [0.15, 0.2) is 5.78 Å². The molecule has 0 aliphatic heterocycles. The van der Waals surface area contributed by atoms with Gasteiger partial charge in [-0.15, -0.1) is 0 Å². The second-order valence-electron chi connectivity index (χ2n) is 3.12. The Hall–Kier alpha value is -1.22. The van der Waals surface area contributed by atoms with E-state index < -0.39 is 0 Å². The molecule has 0 radical (unpaired) electrons. The van der Waals surface area contributed by atoms with Gasteiger partial charge in [-0.1, -0.05) is 22.0 Å². The minimum Gasteiger partial charge on any atom is -0.293 e. The fourth-order valence-electron chi connectivity index (χ4n) is 1.31. The van der Waals surface area contributed by atoms with Gasteiger partial charge in [-0.05, 0) is 23.6 Å². The van der Waals surface area contributed by atoms with Crippen LogP contribution >= 0.6 is 15.9 Å². The Balaban J connectivity index is 2.67. The summed E-state index contributed by atoms with van der Waals surface area (Å²) < 4.78 is 1.02. The minimum atomic E-state index is -0.00480. The second kappa shape index (κ2) is 3.50. The largest absolute Gasteiger partial charge is 0.293 e. The van der Waals surface area contributed by atoms with Gasteiger partial charge in [0.1, 0.15) is 5.69 Å². The highest BCUT2D eigenvalue weighted by Gasteiger charge is 2.02. The monoisotopic (exact) mass is 249 g/mol. The Kier molecular flexibility index (Phi) is 2.33. The van der Waals surface area contributed by atoms with E-state index >= 15 is 0 Å². The van der Waals surface area contributed by atoms with Crippen molar-refractivity contribution in [2.75, 3.05) is 0 Å². The lowest BCUT2D eigenvalue weighted by molar-refractivity contribution is 0.101. The smallest absolute Gasteiger partial charge is 0.178 e. The van der Waals surface area contributed by atoms with Crippen molar-refractivity contribution in [3.8, 4) is 0 Å². The van der Waals surface area contributed by atoms with Crippen LogP contribution in [0.25, 0.3) is 10.8 Å². The highest BCUT2D eigenvalue weighted by molar-refractivity contribution is 9.10. The molecule has 1 aromatic carbocycles. The molecule has 14 heavy (non-hydrogen) atoms. The van der Waals surface area contributed by atoms with Gasteiger partial charge in [0.2, 0.25) is 0 Å². The summed E-state index contributed by atoms with van der Waals surface area (Å²) in [6.45, 7) is 1.52. The maximum absolute atomic E-state index is 11.1. The molecule has 0 saturated carbocycles. The predicted molar refractivity (Wildman–Crippen MR) is 59.4 cm³/mol. The third kappa shape index (κ3) is 1.68. The molecule has 0 N–H and O–H groups in total. The Morgan fingerprint density at radius 3 is 2.79 bits per heavy atom. The van der Waals surface area contributed by atoms with Crippen LogP contribution in [-0.2, 0) is 0 Å². The van der Waals surface area contributed by atoms with Crippen LogP contribution in [0.2, 0.25) is 0 Å². The molecular weight excluding hydrogens is 242 g/mol. The van der Waals surface area contributed by atoms with Crippen LogP contribution in [0, 0.1) is 0 Å². The predicted octanol–water partition coefficient (Wildman–Crippen LogP) is 3.20. The minimum absolute atomic E-state index is 0.00480. The van der Waals surface area contributed by atoms with E-state index in [9.17, 15) is 4.79 Å². The summed E-state index contributed by atoms with van der Waals surface area (Å²) >= 11 is 3.39. The number of Topliss-reactive ketones (excluding diaryl/α,β-unsaturated/α-hetero) is 1. The van der Waals surface area contributed by atoms with E-state index in [1.165, 1.54) is 6.92 Å². The number of aromatic nitrogens is 1. The molecular formula is C11H8BrNO. The molecule has 1 heterocycles. The van der Waals surface area contributed by atoms with Crippen LogP contribution in [0.3, 0.4) is 0 Å². The number of nitrogens with zero attached hydrogens (tertiary/aromatic N) is 1. The third-order valence-electron chi connectivity index (χ3n) is 2.04. The summed E-state index contributed by atoms with van der Waals surface area (Å²) in [5.74, 6) is -0.00480. The molecule has 0 aliphatic carbocycles. The van der Waals surface area contributed by atoms with Crippen molar-refractivity contribution in [1.82, 2.24) is 4.98 Å². The van der Waals surface area contributed by atoms with Crippen molar-refractivity contribution in [3.63, 3.8) is 0 Å². The number of rotatable bonds is 1. The van der Waals surface area contributed by atoms with Gasteiger partial charge in [-0.25, -0.2) is 0 Å². The van der Waals surface area contributed by atoms with E-state index in [-0.39, 0.29) is 5.78 Å². The number of hydrogen-bond donors (Lipinski definition) is 0. The van der Waals surface area contributed by atoms with E-state index in [4.69, 9.17) is 0 Å². The molecule has 2 nitrogen and oxygen atoms in total. The van der Waals surface area contributed by atoms with Crippen LogP contribution < -0.4 is 0 Å². The first-order valence-electron chi connectivity index (χ1n) is 4.23. The third-order valence-corrected chi connectivity index (χ3v) is 2.54. The molecule has 0 fully saturated rings. The SMILES string of the molecule is CC(=O)c1cc2ccc(Br)cc2cn1. The maximum atomic E-state index is 11.1. The lowest BCUT2D eigenvalue weighted by atomic mass is 10.1. The number of halogens is 1. The van der Waals surface area contributed by atoms with Gasteiger partial charge in [-0.3, -0.25) is 9.78 Å². The molecule has 3 heteroatoms. The fourth-order valence-corrected chi connectivity index (χ4v) is 1.68. The lowest BCUT2D eigenvalue weighted by Gasteiger charge is -1.99. The Bertz CT molecular complexity index is 508. The van der Waals surface area contributed by atoms with E-state index in [0.29, 0.717) is 5.69 Å². The van der Waals surface area contributed by atoms with Crippen molar-refractivity contribution in [1.29, 1.82) is 0 Å². The molecule has 0 saturated heterocycles. The van der Waals surface area contributed by atoms with Crippen molar-refractivity contribution in [2.45, 2.75) is 6.92 Å². The number of carbonyl (C=O) groups is 1. The zero-order valence-corrected chi connectivity index (χ0v) is 9.21. The number of pyridine rings is 1. The van der Waals surface area contributed by atoms with Crippen LogP contribution in [0.15, 0.2) is 34.9 Å². The van der Waals surface area contributed by atoms with E-state index in [2.05, 4.69) is 20.9 Å². The van der Waals surface area contributed by atoms with Crippen LogP contribution in [0.4, 0.5) is 0 Å². The normalized spacial score (nSPS) is 10.4. The molecule has 0 aliphatic rings. The summed E-state index contributed by atoms with van der Waals surface area (Å²) in [4.78, 5) is 15.2. The van der Waals surface area contributed by atoms with Crippen molar-refractivity contribution < 1.29 is 4.79 Å². The first kappa shape index (κ1) is 9.34. The molecule has 70 valence electrons. The number of fused-ring (bicyclic) bond motifs is 1. The molecule has 0 amide bonds. The molecule has 1 aromatic heterocycles. The van der Waals surface area contributed by atoms with E-state index in [1.807, 2.05) is 24.3 Å². The van der Waals surface area contributed by atoms with E-state index in [0.717, 1.165) is 15.2 Å². The van der Waals surface area contributed by atoms with Gasteiger partial charge in [0.25, 0.3) is 0 Å². The highest BCUT2D eigenvalue weighted by atomic mass is 79.9. The summed E-state index contributed by atoms with van der Waals surface area (Å²) in [6.07, 6.45) is 1.72. The first-order chi connectivity index (χ1) is 6.66. The number of carbonyl (C=O) groups excluding carboxylic acids is 1. The topological polar surface area (TPSA) is 30.0 Å². The highest BCUT2D eigenvalue weighted by Crippen LogP contribution is 2.19. The summed E-state index contributed by atoms with van der Waals surface area (Å²) in [5, 5.41) is 2.07. The number of hydrogen-bond acceptors (Lipinski definition) is 2. The van der Waals surface area contributed by atoms with Gasteiger partial charge >= 0.3 is 0 Å². The Morgan fingerprint density at radius 1 is 1.29 bits per heavy atom. The standard InChI is InChI=1S/C11H8BrNO/c1-7(14)11-5-8-2-3-10(12)4-9(8)6-13-11/h2-6H,1H3. The maximum Gasteiger partial charge on any atom is 0.178 e. The lowest BCUT2D eigenvalue weighted by Crippen LogP contribution is -1.95. The number of ketones is 1. The van der Waals surface area contributed by atoms with Gasteiger partial charge in [0.05, 0.1) is 0 Å². The molecule has 0 atom stereocenters. The Labute approximate surface area is 90.1 Å². The Morgan fingerprint density at radius 2 is 2.07 bits per heavy atom. The first-order valence-corrected chi connectivity index (χ1v) is 5.02. The van der Waals surface area contributed by atoms with Gasteiger partial charge in [-0.2, -0.15) is 0 Å². The molecule has 0 spiro atoms. The van der Waals surface area contributed by atoms with Crippen LogP contribution in [0.1, 0.15) is 17.4 Å². The quantitative estimate of drug-likeness (QED) is 0.727. The molecule has 0 bridgehead atoms.